The molecule has 0 unspecified atom stereocenters. The van der Waals surface area contributed by atoms with Crippen LogP contribution in [0.3, 0.4) is 0 Å². The normalized spacial score (nSPS) is 14.2. The Balaban J connectivity index is 0.000000177. The third-order valence-electron chi connectivity index (χ3n) is 7.49. The molecule has 0 amide bonds. The number of benzene rings is 2. The van der Waals surface area contributed by atoms with Crippen LogP contribution in [0.1, 0.15) is 39.5 Å². The van der Waals surface area contributed by atoms with E-state index >= 15 is 0 Å². The highest BCUT2D eigenvalue weighted by atomic mass is 35.5. The van der Waals surface area contributed by atoms with Crippen LogP contribution < -0.4 is 15.9 Å². The van der Waals surface area contributed by atoms with Crippen LogP contribution in [0, 0.1) is 17.6 Å². The summed E-state index contributed by atoms with van der Waals surface area (Å²) in [6, 6.07) is 4.75. The van der Waals surface area contributed by atoms with E-state index in [2.05, 4.69) is 0 Å². The molecule has 6 rings (SSSR count). The zero-order valence-corrected chi connectivity index (χ0v) is 27.0. The Morgan fingerprint density at radius 2 is 1.16 bits per heavy atom. The fourth-order valence-corrected chi connectivity index (χ4v) is 6.39. The molecule has 0 bridgehead atoms. The van der Waals surface area contributed by atoms with Crippen LogP contribution >= 0.6 is 46.4 Å². The summed E-state index contributed by atoms with van der Waals surface area (Å²) >= 11 is 24.3. The molecule has 4 aromatic rings. The fraction of sp³-hybridized carbons (Fsp3) is 0.400. The number of hydrogen-bond donors (Lipinski definition) is 1. The maximum absolute atomic E-state index is 14.5. The summed E-state index contributed by atoms with van der Waals surface area (Å²) in [7, 11) is 0. The lowest BCUT2D eigenvalue weighted by Gasteiger charge is -2.17. The summed E-state index contributed by atoms with van der Waals surface area (Å²) in [5, 5.41) is 10.1. The molecule has 4 heterocycles. The first kappa shape index (κ1) is 32.5. The molecule has 2 aromatic carbocycles. The minimum absolute atomic E-state index is 0.0312. The van der Waals surface area contributed by atoms with E-state index in [1.165, 1.54) is 16.8 Å². The van der Waals surface area contributed by atoms with Crippen LogP contribution in [-0.2, 0) is 26.2 Å². The fourth-order valence-electron chi connectivity index (χ4n) is 5.32. The number of rotatable bonds is 5. The molecule has 0 saturated carbocycles. The van der Waals surface area contributed by atoms with Gasteiger partial charge in [-0.1, -0.05) is 60.3 Å². The van der Waals surface area contributed by atoms with Crippen LogP contribution in [0.5, 0.6) is 11.5 Å². The minimum atomic E-state index is -0.685. The Hall–Kier alpha value is -2.92. The zero-order chi connectivity index (χ0) is 31.9. The van der Waals surface area contributed by atoms with Crippen LogP contribution in [-0.4, -0.2) is 30.4 Å². The molecule has 0 atom stereocenters. The molecular formula is C30H30Cl4F2N4O4. The Morgan fingerprint density at radius 3 is 1.61 bits per heavy atom. The SMILES string of the molecule is CC(C)COc1cc(-c2c(Cl)n3n(c2=O)CCCC3)c(F)cc1Cl.O=c1c(-c2cc(O)c(Cl)cc2F)c(Cl)n2n1CCCC2. The highest BCUT2D eigenvalue weighted by Gasteiger charge is 2.26. The molecule has 0 saturated heterocycles. The van der Waals surface area contributed by atoms with E-state index in [1.54, 1.807) is 14.0 Å². The molecule has 14 heteroatoms. The van der Waals surface area contributed by atoms with Gasteiger partial charge in [-0.05, 0) is 55.9 Å². The van der Waals surface area contributed by atoms with E-state index in [0.29, 0.717) is 44.5 Å². The highest BCUT2D eigenvalue weighted by molar-refractivity contribution is 6.34. The number of aromatic nitrogens is 4. The molecule has 2 aliphatic rings. The quantitative estimate of drug-likeness (QED) is 0.231. The Bertz CT molecular complexity index is 1840. The van der Waals surface area contributed by atoms with Gasteiger partial charge in [0.15, 0.2) is 0 Å². The standard InChI is InChI=1S/C17H19Cl2FN2O2.C13H11Cl2FN2O2/c1-10(2)9-24-14-7-11(13(20)8-12(14)18)15-16(19)21-5-3-4-6-22(21)17(15)23;14-8-6-9(16)7(5-10(8)19)11-12(15)17-3-1-2-4-18(17)13(11)20/h7-8,10H,3-6,9H2,1-2H3;5-6,19H,1-4H2. The molecule has 1 N–H and O–H groups in total. The monoisotopic (exact) mass is 688 g/mol. The van der Waals surface area contributed by atoms with Crippen molar-refractivity contribution in [2.75, 3.05) is 6.61 Å². The molecule has 0 fully saturated rings. The minimum Gasteiger partial charge on any atom is -0.506 e. The maximum atomic E-state index is 14.5. The predicted octanol–water partition coefficient (Wildman–Crippen LogP) is 7.85. The summed E-state index contributed by atoms with van der Waals surface area (Å²) in [5.41, 5.74) is -0.301. The second kappa shape index (κ2) is 13.2. The summed E-state index contributed by atoms with van der Waals surface area (Å²) < 4.78 is 40.6. The third-order valence-corrected chi connectivity index (χ3v) is 8.86. The average Bonchev–Trinajstić information content (AvgIpc) is 3.39. The second-order valence-corrected chi connectivity index (χ2v) is 12.6. The number of nitrogens with zero attached hydrogens (tertiary/aromatic N) is 4. The van der Waals surface area contributed by atoms with Crippen molar-refractivity contribution in [3.63, 3.8) is 0 Å². The summed E-state index contributed by atoms with van der Waals surface area (Å²) in [4.78, 5) is 25.0. The van der Waals surface area contributed by atoms with Crippen molar-refractivity contribution in [2.45, 2.75) is 65.7 Å². The highest BCUT2D eigenvalue weighted by Crippen LogP contribution is 2.37. The van der Waals surface area contributed by atoms with Gasteiger partial charge in [-0.25, -0.2) is 18.1 Å². The largest absolute Gasteiger partial charge is 0.506 e. The number of halogens is 6. The van der Waals surface area contributed by atoms with Crippen LogP contribution in [0.2, 0.25) is 20.4 Å². The van der Waals surface area contributed by atoms with E-state index in [0.717, 1.165) is 37.8 Å². The number of aromatic hydroxyl groups is 1. The number of phenolic OH excluding ortho intramolecular Hbond substituents is 1. The molecule has 8 nitrogen and oxygen atoms in total. The van der Waals surface area contributed by atoms with Crippen molar-refractivity contribution in [1.29, 1.82) is 0 Å². The Labute approximate surface area is 271 Å². The zero-order valence-electron chi connectivity index (χ0n) is 24.0. The Kier molecular flexibility index (Phi) is 9.75. The van der Waals surface area contributed by atoms with E-state index in [1.807, 2.05) is 13.8 Å². The van der Waals surface area contributed by atoms with Gasteiger partial charge in [0.25, 0.3) is 11.1 Å². The van der Waals surface area contributed by atoms with Crippen molar-refractivity contribution >= 4 is 46.4 Å². The van der Waals surface area contributed by atoms with Gasteiger partial charge in [0, 0.05) is 37.3 Å². The third kappa shape index (κ3) is 6.14. The number of fused-ring (bicyclic) bond motifs is 2. The molecule has 44 heavy (non-hydrogen) atoms. The van der Waals surface area contributed by atoms with E-state index < -0.39 is 11.6 Å². The van der Waals surface area contributed by atoms with E-state index in [-0.39, 0.29) is 59.5 Å². The molecule has 2 aromatic heterocycles. The predicted molar refractivity (Wildman–Crippen MR) is 169 cm³/mol. The van der Waals surface area contributed by atoms with Gasteiger partial charge >= 0.3 is 0 Å². The van der Waals surface area contributed by atoms with Crippen LogP contribution in [0.15, 0.2) is 33.9 Å². The van der Waals surface area contributed by atoms with Gasteiger partial charge < -0.3 is 9.84 Å². The number of ether oxygens (including phenoxy) is 1. The first-order chi connectivity index (χ1) is 20.9. The van der Waals surface area contributed by atoms with Crippen LogP contribution in [0.25, 0.3) is 22.3 Å². The lowest BCUT2D eigenvalue weighted by molar-refractivity contribution is 0.271. The van der Waals surface area contributed by atoms with Crippen molar-refractivity contribution in [3.05, 3.63) is 77.0 Å². The number of phenols is 1. The lowest BCUT2D eigenvalue weighted by Crippen LogP contribution is -2.27. The molecular weight excluding hydrogens is 660 g/mol. The number of hydrogen-bond acceptors (Lipinski definition) is 4. The van der Waals surface area contributed by atoms with Gasteiger partial charge in [-0.3, -0.25) is 19.0 Å². The average molecular weight is 690 g/mol. The van der Waals surface area contributed by atoms with Crippen LogP contribution in [0.4, 0.5) is 8.78 Å². The summed E-state index contributed by atoms with van der Waals surface area (Å²) in [5.74, 6) is -0.903. The molecule has 0 aliphatic carbocycles. The van der Waals surface area contributed by atoms with Gasteiger partial charge in [0.1, 0.15) is 33.4 Å². The summed E-state index contributed by atoms with van der Waals surface area (Å²) in [6.45, 7) is 6.87. The first-order valence-electron chi connectivity index (χ1n) is 14.2. The molecule has 0 radical (unpaired) electrons. The van der Waals surface area contributed by atoms with Crippen molar-refractivity contribution < 1.29 is 18.6 Å². The van der Waals surface area contributed by atoms with Gasteiger partial charge in [-0.15, -0.1) is 0 Å². The molecule has 2 aliphatic heterocycles. The van der Waals surface area contributed by atoms with E-state index in [4.69, 9.17) is 51.1 Å². The van der Waals surface area contributed by atoms with Gasteiger partial charge in [0.05, 0.1) is 27.8 Å². The van der Waals surface area contributed by atoms with Gasteiger partial charge in [0.2, 0.25) is 0 Å². The van der Waals surface area contributed by atoms with Crippen molar-refractivity contribution in [2.24, 2.45) is 5.92 Å². The second-order valence-electron chi connectivity index (χ2n) is 11.1. The first-order valence-corrected chi connectivity index (χ1v) is 15.7. The Morgan fingerprint density at radius 1 is 0.727 bits per heavy atom. The van der Waals surface area contributed by atoms with E-state index in [9.17, 15) is 23.5 Å². The lowest BCUT2D eigenvalue weighted by atomic mass is 10.1. The van der Waals surface area contributed by atoms with Crippen molar-refractivity contribution in [3.8, 4) is 33.8 Å². The topological polar surface area (TPSA) is 83.3 Å². The smallest absolute Gasteiger partial charge is 0.276 e. The molecule has 0 spiro atoms. The van der Waals surface area contributed by atoms with Crippen molar-refractivity contribution in [1.82, 2.24) is 18.7 Å². The molecule has 236 valence electrons. The maximum Gasteiger partial charge on any atom is 0.276 e. The van der Waals surface area contributed by atoms with Gasteiger partial charge in [-0.2, -0.15) is 0 Å². The summed E-state index contributed by atoms with van der Waals surface area (Å²) in [6.07, 6.45) is 3.65.